The summed E-state index contributed by atoms with van der Waals surface area (Å²) in [5, 5.41) is 0.740. The zero-order valence-electron chi connectivity index (χ0n) is 9.41. The number of halogens is 2. The molecule has 0 fully saturated rings. The molecule has 0 radical (unpaired) electrons. The van der Waals surface area contributed by atoms with Gasteiger partial charge in [0.05, 0.1) is 8.81 Å². The van der Waals surface area contributed by atoms with Crippen molar-refractivity contribution in [1.82, 2.24) is 0 Å². The van der Waals surface area contributed by atoms with Gasteiger partial charge in [0, 0.05) is 10.9 Å². The van der Waals surface area contributed by atoms with Crippen molar-refractivity contribution in [2.75, 3.05) is 0 Å². The number of hydrogen-bond acceptors (Lipinski definition) is 2. The van der Waals surface area contributed by atoms with Crippen LogP contribution in [0, 0.1) is 6.92 Å². The first-order valence-corrected chi connectivity index (χ1v) is 7.31. The third-order valence-corrected chi connectivity index (χ3v) is 5.21. The van der Waals surface area contributed by atoms with E-state index < -0.39 is 0 Å². The summed E-state index contributed by atoms with van der Waals surface area (Å²) in [7, 11) is 0. The molecule has 0 aliphatic carbocycles. The van der Waals surface area contributed by atoms with Gasteiger partial charge in [-0.05, 0) is 40.9 Å². The fourth-order valence-electron chi connectivity index (χ4n) is 1.62. The van der Waals surface area contributed by atoms with Gasteiger partial charge in [-0.25, -0.2) is 0 Å². The van der Waals surface area contributed by atoms with Gasteiger partial charge in [0.2, 0.25) is 0 Å². The van der Waals surface area contributed by atoms with Crippen molar-refractivity contribution in [3.8, 4) is 0 Å². The van der Waals surface area contributed by atoms with E-state index in [2.05, 4.69) is 47.1 Å². The molecule has 2 rings (SSSR count). The molecular weight excluding hydrogens is 318 g/mol. The highest BCUT2D eigenvalue weighted by Gasteiger charge is 2.12. The highest BCUT2D eigenvalue weighted by Crippen LogP contribution is 2.35. The van der Waals surface area contributed by atoms with Crippen molar-refractivity contribution < 1.29 is 0 Å². The second-order valence-corrected chi connectivity index (χ2v) is 6.88. The second-order valence-electron chi connectivity index (χ2n) is 4.07. The highest BCUT2D eigenvalue weighted by atomic mass is 79.9. The normalized spacial score (nSPS) is 12.7. The van der Waals surface area contributed by atoms with E-state index in [0.717, 1.165) is 20.1 Å². The van der Waals surface area contributed by atoms with Crippen LogP contribution in [0.1, 0.15) is 22.0 Å². The first-order chi connectivity index (χ1) is 8.06. The molecule has 4 heteroatoms. The van der Waals surface area contributed by atoms with Gasteiger partial charge in [-0.15, -0.1) is 11.3 Å². The summed E-state index contributed by atoms with van der Waals surface area (Å²) >= 11 is 11.0. The Balaban J connectivity index is 2.11. The topological polar surface area (TPSA) is 26.0 Å². The number of hydrogen-bond donors (Lipinski definition) is 1. The average molecular weight is 331 g/mol. The monoisotopic (exact) mass is 329 g/mol. The lowest BCUT2D eigenvalue weighted by atomic mass is 10.0. The number of rotatable bonds is 3. The number of nitrogens with two attached hydrogens (primary N) is 1. The first-order valence-electron chi connectivity index (χ1n) is 5.32. The molecule has 17 heavy (non-hydrogen) atoms. The van der Waals surface area contributed by atoms with Crippen LogP contribution in [0.15, 0.2) is 34.1 Å². The lowest BCUT2D eigenvalue weighted by Crippen LogP contribution is -2.11. The zero-order chi connectivity index (χ0) is 12.4. The molecule has 2 aromatic rings. The van der Waals surface area contributed by atoms with Crippen molar-refractivity contribution in [2.45, 2.75) is 19.4 Å². The Kier molecular flexibility index (Phi) is 4.26. The molecular formula is C13H13BrClNS. The smallest absolute Gasteiger partial charge is 0.0887 e. The van der Waals surface area contributed by atoms with E-state index in [-0.39, 0.29) is 6.04 Å². The van der Waals surface area contributed by atoms with Gasteiger partial charge in [-0.2, -0.15) is 0 Å². The lowest BCUT2D eigenvalue weighted by molar-refractivity contribution is 0.736. The molecule has 1 atom stereocenters. The van der Waals surface area contributed by atoms with Crippen LogP contribution in [0.3, 0.4) is 0 Å². The minimum atomic E-state index is 0.00602. The van der Waals surface area contributed by atoms with Gasteiger partial charge >= 0.3 is 0 Å². The van der Waals surface area contributed by atoms with E-state index in [1.54, 1.807) is 11.3 Å². The minimum absolute atomic E-state index is 0.00602. The Bertz CT molecular complexity index is 487. The van der Waals surface area contributed by atoms with E-state index >= 15 is 0 Å². The molecule has 0 aliphatic heterocycles. The molecule has 0 amide bonds. The summed E-state index contributed by atoms with van der Waals surface area (Å²) in [5.74, 6) is 0. The summed E-state index contributed by atoms with van der Waals surface area (Å²) in [6, 6.07) is 10.4. The van der Waals surface area contributed by atoms with Crippen LogP contribution in [0.5, 0.6) is 0 Å². The van der Waals surface area contributed by atoms with Crippen molar-refractivity contribution in [2.24, 2.45) is 5.73 Å². The maximum atomic E-state index is 6.18. The Morgan fingerprint density at radius 2 is 2.00 bits per heavy atom. The van der Waals surface area contributed by atoms with Crippen LogP contribution < -0.4 is 5.73 Å². The van der Waals surface area contributed by atoms with Gasteiger partial charge < -0.3 is 5.73 Å². The predicted octanol–water partition coefficient (Wildman–Crippen LogP) is 4.71. The molecule has 1 aromatic heterocycles. The summed E-state index contributed by atoms with van der Waals surface area (Å²) < 4.78 is 0.952. The molecule has 1 heterocycles. The van der Waals surface area contributed by atoms with Crippen LogP contribution in [-0.4, -0.2) is 0 Å². The third kappa shape index (κ3) is 3.32. The van der Waals surface area contributed by atoms with Gasteiger partial charge in [0.15, 0.2) is 0 Å². The maximum absolute atomic E-state index is 6.18. The van der Waals surface area contributed by atoms with Gasteiger partial charge in [0.1, 0.15) is 0 Å². The molecule has 1 aromatic carbocycles. The molecule has 2 N–H and O–H groups in total. The number of benzene rings is 1. The van der Waals surface area contributed by atoms with Crippen LogP contribution in [0.4, 0.5) is 0 Å². The molecule has 0 spiro atoms. The average Bonchev–Trinajstić information content (AvgIpc) is 2.63. The standard InChI is InChI=1S/C13H13BrClNS/c1-8-2-4-9(5-3-8)6-11(16)12-7-10(15)13(14)17-12/h2-5,7,11H,6,16H2,1H3. The van der Waals surface area contributed by atoms with E-state index in [1.807, 2.05) is 6.07 Å². The Labute approximate surface area is 119 Å². The lowest BCUT2D eigenvalue weighted by Gasteiger charge is -2.09. The predicted molar refractivity (Wildman–Crippen MR) is 78.8 cm³/mol. The summed E-state index contributed by atoms with van der Waals surface area (Å²) in [4.78, 5) is 1.11. The zero-order valence-corrected chi connectivity index (χ0v) is 12.6. The van der Waals surface area contributed by atoms with Gasteiger partial charge in [-0.3, -0.25) is 0 Å². The van der Waals surface area contributed by atoms with Crippen LogP contribution in [0.2, 0.25) is 5.02 Å². The van der Waals surface area contributed by atoms with Gasteiger partial charge in [0.25, 0.3) is 0 Å². The second kappa shape index (κ2) is 5.53. The molecule has 0 saturated carbocycles. The molecule has 0 aliphatic rings. The van der Waals surface area contributed by atoms with Crippen molar-refractivity contribution in [3.05, 3.63) is 55.1 Å². The first kappa shape index (κ1) is 13.1. The largest absolute Gasteiger partial charge is 0.323 e. The number of thiophene rings is 1. The number of aryl methyl sites for hydroxylation is 1. The Hall–Kier alpha value is -0.350. The fourth-order valence-corrected chi connectivity index (χ4v) is 3.37. The van der Waals surface area contributed by atoms with Crippen molar-refractivity contribution in [3.63, 3.8) is 0 Å². The summed E-state index contributed by atoms with van der Waals surface area (Å²) in [5.41, 5.74) is 8.70. The van der Waals surface area contributed by atoms with Crippen molar-refractivity contribution >= 4 is 38.9 Å². The van der Waals surface area contributed by atoms with E-state index in [9.17, 15) is 0 Å². The minimum Gasteiger partial charge on any atom is -0.323 e. The Morgan fingerprint density at radius 1 is 1.35 bits per heavy atom. The third-order valence-electron chi connectivity index (χ3n) is 2.61. The summed E-state index contributed by atoms with van der Waals surface area (Å²) in [6.45, 7) is 2.08. The summed E-state index contributed by atoms with van der Waals surface area (Å²) in [6.07, 6.45) is 0.837. The van der Waals surface area contributed by atoms with E-state index in [4.69, 9.17) is 17.3 Å². The van der Waals surface area contributed by atoms with E-state index in [1.165, 1.54) is 11.1 Å². The molecule has 1 unspecified atom stereocenters. The maximum Gasteiger partial charge on any atom is 0.0887 e. The molecule has 90 valence electrons. The van der Waals surface area contributed by atoms with Crippen LogP contribution >= 0.6 is 38.9 Å². The Morgan fingerprint density at radius 3 is 2.53 bits per heavy atom. The molecule has 0 saturated heterocycles. The quantitative estimate of drug-likeness (QED) is 0.866. The fraction of sp³-hybridized carbons (Fsp3) is 0.231. The highest BCUT2D eigenvalue weighted by molar-refractivity contribution is 9.11. The SMILES string of the molecule is Cc1ccc(CC(N)c2cc(Cl)c(Br)s2)cc1. The van der Waals surface area contributed by atoms with Crippen LogP contribution in [0.25, 0.3) is 0 Å². The van der Waals surface area contributed by atoms with Gasteiger partial charge in [-0.1, -0.05) is 41.4 Å². The molecule has 0 bridgehead atoms. The van der Waals surface area contributed by atoms with Crippen molar-refractivity contribution in [1.29, 1.82) is 0 Å². The van der Waals surface area contributed by atoms with E-state index in [0.29, 0.717) is 0 Å². The molecule has 1 nitrogen and oxygen atoms in total. The van der Waals surface area contributed by atoms with Crippen LogP contribution in [-0.2, 0) is 6.42 Å².